The van der Waals surface area contributed by atoms with Crippen LogP contribution in [0, 0.1) is 18.6 Å². The predicted molar refractivity (Wildman–Crippen MR) is 464 cm³/mol. The molecule has 0 bridgehead atoms. The number of hydrogen-bond acceptors (Lipinski definition) is 27. The fourth-order valence-corrected chi connectivity index (χ4v) is 19.8. The SMILES string of the molecule is CSc1cccnc1N.C[Si](C)(C)[N-][Si](C)(C)C.Cc1ccc(N)nc1.[2H]C([2H])([2H])NC(=O)c1cnc(Cl)cc1Cl.[2H]C([2H])([2H])NC(=O)c1cnc(Cl)cc1Nc1ncccc1SC.[2H]C([2H])([2H])NC(=O)c1cnc(Nc2ccc(F)cn2)cc1Nc1ncccc1S(C)(=O)=O.[2H]C([2H])([2H])NC(=O)c1cnc(Nc2ccc(F)cn2)cc1Nc1ncccc1SC.[Li+]. The summed E-state index contributed by atoms with van der Waals surface area (Å²) in [5.41, 5.74) is 12.4. The molecule has 0 saturated carbocycles. The van der Waals surface area contributed by atoms with Gasteiger partial charge >= 0.3 is 18.9 Å². The molecule has 0 aliphatic heterocycles. The number of aryl methyl sites for hydroxylation is 1. The number of sulfone groups is 1. The molecule has 0 aliphatic carbocycles. The first-order valence-corrected chi connectivity index (χ1v) is 46.3. The van der Waals surface area contributed by atoms with Crippen molar-refractivity contribution in [1.82, 2.24) is 76.1 Å². The van der Waals surface area contributed by atoms with Crippen LogP contribution in [0.4, 0.5) is 78.2 Å². The number of amides is 4. The molecule has 0 spiro atoms. The number of nitrogens with one attached hydrogen (secondary N) is 9. The van der Waals surface area contributed by atoms with Gasteiger partial charge in [-0.3, -0.25) is 19.2 Å². The van der Waals surface area contributed by atoms with E-state index in [4.69, 9.17) is 67.4 Å². The number of carbonyl (C=O) groups excluding carboxylic acids is 4. The van der Waals surface area contributed by atoms with E-state index in [9.17, 15) is 36.4 Å². The van der Waals surface area contributed by atoms with Crippen molar-refractivity contribution in [1.29, 1.82) is 0 Å². The Kier molecular flexibility index (Phi) is 33.0. The third kappa shape index (κ3) is 34.1. The maximum atomic E-state index is 13.1. The van der Waals surface area contributed by atoms with Crippen LogP contribution in [0.3, 0.4) is 0 Å². The Morgan fingerprint density at radius 3 is 1.20 bits per heavy atom. The molecule has 11 aromatic heterocycles. The number of pyridine rings is 11. The van der Waals surface area contributed by atoms with E-state index < -0.39 is 89.5 Å². The molecular formula is C74H87Cl3F2LiN23O6S4Si2. The summed E-state index contributed by atoms with van der Waals surface area (Å²) in [5, 5.41) is 22.4. The first-order chi connectivity index (χ1) is 58.6. The van der Waals surface area contributed by atoms with Gasteiger partial charge in [0.1, 0.15) is 79.2 Å². The van der Waals surface area contributed by atoms with Crippen LogP contribution in [0.2, 0.25) is 54.6 Å². The summed E-state index contributed by atoms with van der Waals surface area (Å²) in [6.07, 6.45) is 21.4. The van der Waals surface area contributed by atoms with Crippen LogP contribution in [0.25, 0.3) is 4.65 Å². The normalized spacial score (nSPS) is 12.4. The topological polar surface area (TPSA) is 419 Å². The Labute approximate surface area is 726 Å². The van der Waals surface area contributed by atoms with Crippen molar-refractivity contribution in [2.24, 2.45) is 0 Å². The standard InChI is InChI=1S/C18H17FN6O3S.C18H17FN6OS.C13H13ClN4OS.C7H6Cl2N2O.C6H8N2S.C6H8N2.C6H18NSi2.Li/c1-20-18(26)12-10-23-16(25-15-6-5-11(19)9-22-15)8-13(12)24-17-14(29(2,27)28)4-3-7-21-17;1-20-18(26)12-10-23-16(25-15-6-5-11(19)9-22-15)8-13(12)24-17-14(27-2)4-3-7-21-17;1-15-13(19)8-7-17-11(14)6-9(8)18-12-10(20-2)4-3-5-16-12;1-10-7(12)4-3-11-6(9)2-5(4)8;1-9-5-3-2-4-8-6(5)7;1-5-2-3-6(7)8-4-5;1-8(2,3)7-9(4,5)6;/h3-10H,1-2H3,(H,20,26)(H2,21,22,23,24,25);3-10H,1-2H3,(H,20,26)(H2,21,22,23,24,25);3-7H,1-2H3,(H,15,19)(H,16,17,18);2-3H,1H3,(H,10,12);2-4H,1H3,(H2,7,8);2-4H,1H3,(H2,7,8);1-6H3;/q;;;;;;-1;+1/i4*1D3;;;;. The quantitative estimate of drug-likeness (QED) is 0.0192. The molecule has 0 aromatic carbocycles. The van der Waals surface area contributed by atoms with Gasteiger partial charge in [0.05, 0.1) is 56.7 Å². The fraction of sp³-hybridized carbons (Fsp3) is 0.203. The third-order valence-electron chi connectivity index (χ3n) is 13.4. The summed E-state index contributed by atoms with van der Waals surface area (Å²) < 4.78 is 141. The first-order valence-electron chi connectivity index (χ1n) is 38.8. The minimum Gasteiger partial charge on any atom is -0.668 e. The molecule has 11 aromatic rings. The number of nitrogen functional groups attached to an aromatic ring is 2. The summed E-state index contributed by atoms with van der Waals surface area (Å²) in [7, 11) is -5.88. The van der Waals surface area contributed by atoms with Crippen molar-refractivity contribution in [3.8, 4) is 0 Å². The number of thioether (sulfide) groups is 3. The van der Waals surface area contributed by atoms with Crippen molar-refractivity contribution in [2.45, 2.75) is 65.8 Å². The second kappa shape index (κ2) is 48.3. The Bertz CT molecular complexity index is 5580. The van der Waals surface area contributed by atoms with E-state index in [1.807, 2.05) is 72.0 Å². The molecule has 0 fully saturated rings. The van der Waals surface area contributed by atoms with Gasteiger partial charge in [0.25, 0.3) is 23.6 Å². The molecule has 13 N–H and O–H groups in total. The molecule has 0 saturated heterocycles. The molecule has 0 aliphatic rings. The van der Waals surface area contributed by atoms with Gasteiger partial charge < -0.3 is 64.0 Å². The van der Waals surface area contributed by atoms with Gasteiger partial charge in [-0.15, -0.1) is 35.3 Å². The van der Waals surface area contributed by atoms with Crippen LogP contribution in [0.15, 0.2) is 197 Å². The minimum atomic E-state index is -3.67. The smallest absolute Gasteiger partial charge is 0.668 e. The molecular weight excluding hydrogens is 1640 g/mol. The maximum absolute atomic E-state index is 13.1. The molecule has 11 rings (SSSR count). The monoisotopic (exact) mass is 1740 g/mol. The average molecular weight is 1740 g/mol. The van der Waals surface area contributed by atoms with E-state index in [-0.39, 0.29) is 90.2 Å². The zero-order chi connectivity index (χ0) is 94.3. The fourth-order valence-electron chi connectivity index (χ4n) is 8.86. The number of rotatable bonds is 20. The van der Waals surface area contributed by atoms with Gasteiger partial charge in [0.15, 0.2) is 9.84 Å². The number of carbonyl (C=O) groups is 4. The summed E-state index contributed by atoms with van der Waals surface area (Å²) in [6, 6.07) is 28.4. The number of anilines is 12. The molecule has 0 atom stereocenters. The van der Waals surface area contributed by atoms with E-state index in [2.05, 4.69) is 121 Å². The molecule has 0 unspecified atom stereocenters. The molecule has 4 amide bonds. The van der Waals surface area contributed by atoms with Crippen molar-refractivity contribution in [3.05, 3.63) is 237 Å². The first kappa shape index (κ1) is 78.7. The zero-order valence-electron chi connectivity index (χ0n) is 75.7. The van der Waals surface area contributed by atoms with Gasteiger partial charge in [0.2, 0.25) is 0 Å². The van der Waals surface area contributed by atoms with Crippen LogP contribution >= 0.6 is 70.1 Å². The van der Waals surface area contributed by atoms with Crippen LogP contribution in [-0.2, 0) is 9.84 Å². The molecule has 29 nitrogen and oxygen atoms in total. The van der Waals surface area contributed by atoms with E-state index in [1.54, 1.807) is 60.1 Å². The molecule has 41 heteroatoms. The summed E-state index contributed by atoms with van der Waals surface area (Å²) in [6.45, 7) is 5.20. The van der Waals surface area contributed by atoms with Crippen molar-refractivity contribution in [2.75, 3.05) is 91.0 Å². The number of nitrogens with zero attached hydrogens (tertiary/aromatic N) is 12. The van der Waals surface area contributed by atoms with Gasteiger partial charge in [-0.05, 0) is 122 Å². The molecule has 602 valence electrons. The van der Waals surface area contributed by atoms with E-state index in [1.165, 1.54) is 103 Å². The second-order valence-corrected chi connectivity index (χ2v) is 39.8. The Morgan fingerprint density at radius 1 is 0.452 bits per heavy atom. The maximum Gasteiger partial charge on any atom is 1.00 e. The van der Waals surface area contributed by atoms with E-state index in [0.717, 1.165) is 51.3 Å². The Balaban J connectivity index is 0.000000329. The molecule has 0 radical (unpaired) electrons. The van der Waals surface area contributed by atoms with E-state index in [0.29, 0.717) is 40.6 Å². The Morgan fingerprint density at radius 2 is 0.835 bits per heavy atom. The second-order valence-electron chi connectivity index (χ2n) is 24.5. The molecule has 115 heavy (non-hydrogen) atoms. The third-order valence-corrected chi connectivity index (χ3v) is 23.0. The number of nitrogens with two attached hydrogens (primary N) is 2. The summed E-state index contributed by atoms with van der Waals surface area (Å²) >= 11 is 21.6. The Hall–Kier alpha value is -10.1. The zero-order valence-corrected chi connectivity index (χ0v) is 71.3. The number of halogens is 5. The number of hydrogen-bond donors (Lipinski definition) is 11. The van der Waals surface area contributed by atoms with Crippen molar-refractivity contribution < 1.29 is 71.7 Å². The van der Waals surface area contributed by atoms with Crippen molar-refractivity contribution >= 4 is 189 Å². The average Bonchev–Trinajstić information content (AvgIpc) is 0.808. The van der Waals surface area contributed by atoms with E-state index >= 15 is 0 Å². The molecule has 11 heterocycles. The van der Waals surface area contributed by atoms with Gasteiger partial charge in [-0.1, -0.05) is 96.6 Å². The minimum absolute atomic E-state index is 0. The van der Waals surface area contributed by atoms with Crippen LogP contribution in [0.1, 0.15) is 63.4 Å². The summed E-state index contributed by atoms with van der Waals surface area (Å²) in [5.74, 6) is -1.19. The number of aromatic nitrogens is 11. The largest absolute Gasteiger partial charge is 1.00 e. The van der Waals surface area contributed by atoms with Crippen LogP contribution in [0.5, 0.6) is 0 Å². The summed E-state index contributed by atoms with van der Waals surface area (Å²) in [4.78, 5) is 94.7. The van der Waals surface area contributed by atoms with Crippen molar-refractivity contribution in [3.63, 3.8) is 0 Å². The predicted octanol–water partition coefficient (Wildman–Crippen LogP) is 12.9. The van der Waals surface area contributed by atoms with Gasteiger partial charge in [-0.2, -0.15) is 0 Å². The van der Waals surface area contributed by atoms with Crippen LogP contribution < -0.4 is 78.2 Å². The van der Waals surface area contributed by atoms with Gasteiger partial charge in [-0.25, -0.2) is 72.0 Å². The van der Waals surface area contributed by atoms with Crippen LogP contribution in [-0.4, -0.2) is 156 Å². The van der Waals surface area contributed by atoms with Gasteiger partial charge in [0, 0.05) is 133 Å².